The molecule has 0 spiro atoms. The van der Waals surface area contributed by atoms with Gasteiger partial charge in [0, 0.05) is 30.6 Å². The second-order valence-electron chi connectivity index (χ2n) is 4.44. The molecule has 0 saturated heterocycles. The summed E-state index contributed by atoms with van der Waals surface area (Å²) < 4.78 is 3.60. The minimum Gasteiger partial charge on any atom is -0.368 e. The van der Waals surface area contributed by atoms with Gasteiger partial charge in [0.1, 0.15) is 5.82 Å². The van der Waals surface area contributed by atoms with Gasteiger partial charge >= 0.3 is 0 Å². The molecule has 20 heavy (non-hydrogen) atoms. The first-order chi connectivity index (χ1) is 9.76. The third-order valence-electron chi connectivity index (χ3n) is 3.02. The van der Waals surface area contributed by atoms with Gasteiger partial charge in [-0.2, -0.15) is 14.7 Å². The fraction of sp³-hybridized carbons (Fsp3) is 0.308. The second-order valence-corrected chi connectivity index (χ2v) is 4.87. The van der Waals surface area contributed by atoms with E-state index in [9.17, 15) is 0 Å². The highest BCUT2D eigenvalue weighted by Crippen LogP contribution is 2.12. The quantitative estimate of drug-likeness (QED) is 0.783. The summed E-state index contributed by atoms with van der Waals surface area (Å²) in [7, 11) is 0. The molecule has 3 aromatic rings. The Morgan fingerprint density at radius 3 is 3.00 bits per heavy atom. The average Bonchev–Trinajstić information content (AvgIpc) is 3.07. The maximum absolute atomic E-state index is 5.83. The molecule has 0 bridgehead atoms. The van der Waals surface area contributed by atoms with Crippen LogP contribution in [0, 0.1) is 0 Å². The molecule has 0 saturated carbocycles. The molecule has 1 N–H and O–H groups in total. The molecule has 0 aliphatic carbocycles. The number of nitrogens with zero attached hydrogens (tertiary/aromatic N) is 5. The fourth-order valence-corrected chi connectivity index (χ4v) is 2.19. The van der Waals surface area contributed by atoms with Crippen LogP contribution in [0.3, 0.4) is 0 Å². The summed E-state index contributed by atoms with van der Waals surface area (Å²) >= 11 is 5.83. The van der Waals surface area contributed by atoms with Crippen LogP contribution in [0.15, 0.2) is 30.7 Å². The number of aryl methyl sites for hydroxylation is 1. The second kappa shape index (κ2) is 5.50. The van der Waals surface area contributed by atoms with E-state index >= 15 is 0 Å². The molecule has 0 unspecified atom stereocenters. The Kier molecular flexibility index (Phi) is 3.56. The van der Waals surface area contributed by atoms with Gasteiger partial charge < -0.3 is 5.32 Å². The molecular weight excluding hydrogens is 276 g/mol. The summed E-state index contributed by atoms with van der Waals surface area (Å²) in [5, 5.41) is 12.4. The molecule has 0 aromatic carbocycles. The van der Waals surface area contributed by atoms with Crippen molar-refractivity contribution in [3.05, 3.63) is 41.4 Å². The molecule has 0 radical (unpaired) electrons. The van der Waals surface area contributed by atoms with Crippen molar-refractivity contribution in [3.63, 3.8) is 0 Å². The van der Waals surface area contributed by atoms with E-state index in [-0.39, 0.29) is 0 Å². The highest BCUT2D eigenvalue weighted by atomic mass is 35.5. The number of nitrogens with one attached hydrogen (secondary N) is 1. The average molecular weight is 291 g/mol. The third kappa shape index (κ3) is 2.60. The number of halogens is 1. The molecule has 0 atom stereocenters. The molecular formula is C13H15ClN6. The first-order valence-corrected chi connectivity index (χ1v) is 6.89. The number of aromatic nitrogens is 5. The van der Waals surface area contributed by atoms with Crippen molar-refractivity contribution in [2.45, 2.75) is 19.9 Å². The molecule has 0 fully saturated rings. The predicted molar refractivity (Wildman–Crippen MR) is 78.1 cm³/mol. The van der Waals surface area contributed by atoms with Crippen molar-refractivity contribution < 1.29 is 0 Å². The Morgan fingerprint density at radius 2 is 2.25 bits per heavy atom. The van der Waals surface area contributed by atoms with Gasteiger partial charge in [0.15, 0.2) is 5.65 Å². The lowest BCUT2D eigenvalue weighted by Crippen LogP contribution is -2.14. The minimum absolute atomic E-state index is 0.650. The predicted octanol–water partition coefficient (Wildman–Crippen LogP) is 2.25. The van der Waals surface area contributed by atoms with Crippen LogP contribution in [0.2, 0.25) is 5.02 Å². The zero-order chi connectivity index (χ0) is 13.9. The molecule has 0 aliphatic rings. The van der Waals surface area contributed by atoms with Gasteiger partial charge in [-0.1, -0.05) is 18.5 Å². The monoisotopic (exact) mass is 290 g/mol. The fourth-order valence-electron chi connectivity index (χ4n) is 2.03. The molecule has 7 heteroatoms. The number of fused-ring (bicyclic) bond motifs is 1. The molecule has 0 aliphatic heterocycles. The van der Waals surface area contributed by atoms with E-state index in [2.05, 4.69) is 27.4 Å². The number of rotatable bonds is 5. The summed E-state index contributed by atoms with van der Waals surface area (Å²) in [5.41, 5.74) is 1.90. The SMILES string of the molecule is CCc1cc(NCCn2cc(Cl)cn2)n2nccc2n1. The zero-order valence-corrected chi connectivity index (χ0v) is 11.9. The topological polar surface area (TPSA) is 60.0 Å². The maximum atomic E-state index is 5.83. The van der Waals surface area contributed by atoms with Gasteiger partial charge in [-0.15, -0.1) is 0 Å². The summed E-state index contributed by atoms with van der Waals surface area (Å²) in [6.07, 6.45) is 6.08. The van der Waals surface area contributed by atoms with Crippen molar-refractivity contribution >= 4 is 23.1 Å². The van der Waals surface area contributed by atoms with E-state index in [1.54, 1.807) is 27.8 Å². The third-order valence-corrected chi connectivity index (χ3v) is 3.22. The van der Waals surface area contributed by atoms with Crippen LogP contribution in [0.25, 0.3) is 5.65 Å². The van der Waals surface area contributed by atoms with Crippen LogP contribution in [0.4, 0.5) is 5.82 Å². The van der Waals surface area contributed by atoms with E-state index < -0.39 is 0 Å². The van der Waals surface area contributed by atoms with Crippen LogP contribution >= 0.6 is 11.6 Å². The smallest absolute Gasteiger partial charge is 0.157 e. The van der Waals surface area contributed by atoms with Gasteiger partial charge in [-0.05, 0) is 6.42 Å². The van der Waals surface area contributed by atoms with Crippen LogP contribution < -0.4 is 5.32 Å². The van der Waals surface area contributed by atoms with Crippen molar-refractivity contribution in [3.8, 4) is 0 Å². The number of hydrogen-bond acceptors (Lipinski definition) is 4. The van der Waals surface area contributed by atoms with Crippen LogP contribution in [0.1, 0.15) is 12.6 Å². The van der Waals surface area contributed by atoms with E-state index in [1.807, 2.05) is 12.1 Å². The Bertz CT molecular complexity index is 717. The van der Waals surface area contributed by atoms with Crippen molar-refractivity contribution in [1.82, 2.24) is 24.4 Å². The van der Waals surface area contributed by atoms with E-state index in [0.29, 0.717) is 5.02 Å². The minimum atomic E-state index is 0.650. The summed E-state index contributed by atoms with van der Waals surface area (Å²) in [5.74, 6) is 0.940. The molecule has 0 amide bonds. The normalized spacial score (nSPS) is 11.1. The molecule has 3 heterocycles. The Labute approximate surface area is 121 Å². The summed E-state index contributed by atoms with van der Waals surface area (Å²) in [4.78, 5) is 4.51. The van der Waals surface area contributed by atoms with Crippen LogP contribution in [-0.4, -0.2) is 30.9 Å². The first-order valence-electron chi connectivity index (χ1n) is 6.52. The van der Waals surface area contributed by atoms with Crippen molar-refractivity contribution in [1.29, 1.82) is 0 Å². The van der Waals surface area contributed by atoms with Gasteiger partial charge in [0.05, 0.1) is 24.0 Å². The Balaban J connectivity index is 1.74. The lowest BCUT2D eigenvalue weighted by Gasteiger charge is -2.10. The highest BCUT2D eigenvalue weighted by Gasteiger charge is 2.05. The van der Waals surface area contributed by atoms with Crippen LogP contribution in [0.5, 0.6) is 0 Å². The lowest BCUT2D eigenvalue weighted by molar-refractivity contribution is 0.636. The Hall–Kier alpha value is -2.08. The van der Waals surface area contributed by atoms with Gasteiger partial charge in [0.2, 0.25) is 0 Å². The molecule has 3 rings (SSSR count). The van der Waals surface area contributed by atoms with E-state index in [0.717, 1.165) is 36.7 Å². The number of anilines is 1. The Morgan fingerprint density at radius 1 is 1.35 bits per heavy atom. The highest BCUT2D eigenvalue weighted by molar-refractivity contribution is 6.30. The van der Waals surface area contributed by atoms with Crippen molar-refractivity contribution in [2.75, 3.05) is 11.9 Å². The molecule has 3 aromatic heterocycles. The molecule has 6 nitrogen and oxygen atoms in total. The van der Waals surface area contributed by atoms with Gasteiger partial charge in [-0.3, -0.25) is 4.68 Å². The van der Waals surface area contributed by atoms with E-state index in [4.69, 9.17) is 11.6 Å². The summed E-state index contributed by atoms with van der Waals surface area (Å²) in [6, 6.07) is 3.92. The van der Waals surface area contributed by atoms with Gasteiger partial charge in [-0.25, -0.2) is 4.98 Å². The summed E-state index contributed by atoms with van der Waals surface area (Å²) in [6.45, 7) is 3.56. The largest absolute Gasteiger partial charge is 0.368 e. The zero-order valence-electron chi connectivity index (χ0n) is 11.1. The molecule has 104 valence electrons. The van der Waals surface area contributed by atoms with E-state index in [1.165, 1.54) is 0 Å². The standard InChI is InChI=1S/C13H15ClN6/c1-2-11-7-13(20-12(18-11)3-4-16-20)15-5-6-19-9-10(14)8-17-19/h3-4,7-9,15H,2,5-6H2,1H3. The maximum Gasteiger partial charge on any atom is 0.157 e. The van der Waals surface area contributed by atoms with Crippen molar-refractivity contribution in [2.24, 2.45) is 0 Å². The number of hydrogen-bond donors (Lipinski definition) is 1. The van der Waals surface area contributed by atoms with Gasteiger partial charge in [0.25, 0.3) is 0 Å². The first kappa shape index (κ1) is 12.9. The van der Waals surface area contributed by atoms with Crippen LogP contribution in [-0.2, 0) is 13.0 Å². The lowest BCUT2D eigenvalue weighted by atomic mass is 10.3.